The summed E-state index contributed by atoms with van der Waals surface area (Å²) in [5.41, 5.74) is 1.55. The largest absolute Gasteiger partial charge is 0.409 e. The number of benzene rings is 2. The van der Waals surface area contributed by atoms with Crippen molar-refractivity contribution in [3.63, 3.8) is 0 Å². The van der Waals surface area contributed by atoms with E-state index in [1.807, 2.05) is 0 Å². The fourth-order valence-corrected chi connectivity index (χ4v) is 2.05. The molecule has 0 unspecified atom stereocenters. The Balaban J connectivity index is 2.47. The Morgan fingerprint density at radius 3 is 1.46 bits per heavy atom. The smallest absolute Gasteiger partial charge is 0.167 e. The van der Waals surface area contributed by atoms with Crippen molar-refractivity contribution in [2.75, 3.05) is 0 Å². The number of rotatable bonds is 3. The molecule has 0 N–H and O–H groups in total. The van der Waals surface area contributed by atoms with Gasteiger partial charge in [-0.15, -0.1) is 0 Å². The van der Waals surface area contributed by atoms with Crippen LogP contribution in [0.25, 0.3) is 23.3 Å². The molecule has 2 rings (SSSR count). The molecule has 24 heavy (non-hydrogen) atoms. The predicted molar refractivity (Wildman–Crippen MR) is 82.1 cm³/mol. The molecule has 0 spiro atoms. The van der Waals surface area contributed by atoms with E-state index in [1.54, 1.807) is 30.3 Å². The monoisotopic (exact) mass is 342 g/mol. The Kier molecular flexibility index (Phi) is 5.17. The summed E-state index contributed by atoms with van der Waals surface area (Å²) in [6, 6.07) is 12.9. The Hall–Kier alpha value is -2.50. The zero-order chi connectivity index (χ0) is 17.8. The molecule has 0 fully saturated rings. The topological polar surface area (TPSA) is 0 Å². The van der Waals surface area contributed by atoms with Crippen LogP contribution in [0.5, 0.6) is 0 Å². The van der Waals surface area contributed by atoms with Gasteiger partial charge < -0.3 is 0 Å². The van der Waals surface area contributed by atoms with Gasteiger partial charge in [0.15, 0.2) is 0 Å². The van der Waals surface area contributed by atoms with E-state index in [4.69, 9.17) is 0 Å². The molecule has 126 valence electrons. The summed E-state index contributed by atoms with van der Waals surface area (Å²) in [5.74, 6) is 0. The maximum atomic E-state index is 12.3. The average molecular weight is 342 g/mol. The van der Waals surface area contributed by atoms with Gasteiger partial charge >= 0.3 is 12.4 Å². The van der Waals surface area contributed by atoms with Crippen LogP contribution in [0.15, 0.2) is 60.7 Å². The van der Waals surface area contributed by atoms with Gasteiger partial charge in [0.25, 0.3) is 0 Å². The molecule has 0 amide bonds. The van der Waals surface area contributed by atoms with Gasteiger partial charge in [0, 0.05) is 12.2 Å². The maximum Gasteiger partial charge on any atom is 0.409 e. The molecule has 0 aliphatic heterocycles. The number of hydrogen-bond donors (Lipinski definition) is 0. The molecule has 2 aromatic rings. The summed E-state index contributed by atoms with van der Waals surface area (Å²) in [6.07, 6.45) is -7.23. The lowest BCUT2D eigenvalue weighted by Gasteiger charge is -2.07. The Morgan fingerprint density at radius 1 is 0.583 bits per heavy atom. The second kappa shape index (κ2) is 6.95. The molecule has 0 aliphatic carbocycles. The molecule has 0 saturated carbocycles. The Bertz CT molecular complexity index is 694. The van der Waals surface area contributed by atoms with Crippen molar-refractivity contribution in [1.29, 1.82) is 0 Å². The van der Waals surface area contributed by atoms with E-state index in [0.717, 1.165) is 12.2 Å². The molecular formula is C18H12F6. The molecule has 6 heteroatoms. The number of halogens is 6. The fraction of sp³-hybridized carbons (Fsp3) is 0.111. The van der Waals surface area contributed by atoms with Crippen LogP contribution >= 0.6 is 0 Å². The van der Waals surface area contributed by atoms with Crippen molar-refractivity contribution in [3.8, 4) is 11.1 Å². The van der Waals surface area contributed by atoms with Gasteiger partial charge in [-0.25, -0.2) is 0 Å². The van der Waals surface area contributed by atoms with Crippen molar-refractivity contribution >= 4 is 12.2 Å². The normalized spacial score (nSPS) is 13.1. The van der Waals surface area contributed by atoms with E-state index < -0.39 is 12.4 Å². The quantitative estimate of drug-likeness (QED) is 0.558. The molecule has 2 aromatic carbocycles. The van der Waals surface area contributed by atoms with E-state index in [-0.39, 0.29) is 23.3 Å². The minimum atomic E-state index is -4.50. The molecule has 0 saturated heterocycles. The highest BCUT2D eigenvalue weighted by Crippen LogP contribution is 2.26. The highest BCUT2D eigenvalue weighted by molar-refractivity contribution is 5.72. The van der Waals surface area contributed by atoms with E-state index in [2.05, 4.69) is 0 Å². The van der Waals surface area contributed by atoms with Crippen LogP contribution in [-0.4, -0.2) is 12.4 Å². The molecule has 0 radical (unpaired) electrons. The molecule has 0 atom stereocenters. The zero-order valence-electron chi connectivity index (χ0n) is 12.2. The summed E-state index contributed by atoms with van der Waals surface area (Å²) < 4.78 is 73.9. The van der Waals surface area contributed by atoms with Crippen LogP contribution < -0.4 is 0 Å². The van der Waals surface area contributed by atoms with Crippen LogP contribution in [0.1, 0.15) is 11.1 Å². The second-order valence-corrected chi connectivity index (χ2v) is 5.00. The molecule has 0 aromatic heterocycles. The minimum absolute atomic E-state index is 0.0500. The number of allylic oxidation sites excluding steroid dienone is 2. The first kappa shape index (κ1) is 17.8. The number of alkyl halides is 6. The maximum absolute atomic E-state index is 12.3. The van der Waals surface area contributed by atoms with Crippen molar-refractivity contribution in [1.82, 2.24) is 0 Å². The van der Waals surface area contributed by atoms with E-state index in [9.17, 15) is 26.3 Å². The van der Waals surface area contributed by atoms with Crippen LogP contribution in [0.3, 0.4) is 0 Å². The van der Waals surface area contributed by atoms with E-state index in [1.165, 1.54) is 18.2 Å². The summed E-state index contributed by atoms with van der Waals surface area (Å²) in [4.78, 5) is 0. The first-order chi connectivity index (χ1) is 11.1. The third-order valence-corrected chi connectivity index (χ3v) is 3.01. The zero-order valence-corrected chi connectivity index (χ0v) is 12.2. The van der Waals surface area contributed by atoms with Crippen molar-refractivity contribution in [2.24, 2.45) is 0 Å². The third kappa shape index (κ3) is 5.95. The first-order valence-corrected chi connectivity index (χ1v) is 6.85. The summed E-state index contributed by atoms with van der Waals surface area (Å²) >= 11 is 0. The SMILES string of the molecule is FC(F)(F)C=Cc1cc(C=CC(F)(F)F)cc(-c2ccccc2)c1. The van der Waals surface area contributed by atoms with Crippen molar-refractivity contribution in [3.05, 3.63) is 71.8 Å². The van der Waals surface area contributed by atoms with E-state index >= 15 is 0 Å². The lowest BCUT2D eigenvalue weighted by atomic mass is 9.99. The summed E-state index contributed by atoms with van der Waals surface area (Å²) in [5, 5.41) is 0. The van der Waals surface area contributed by atoms with Crippen molar-refractivity contribution < 1.29 is 26.3 Å². The van der Waals surface area contributed by atoms with Crippen LogP contribution in [0.2, 0.25) is 0 Å². The van der Waals surface area contributed by atoms with Gasteiger partial charge in [0.1, 0.15) is 0 Å². The van der Waals surface area contributed by atoms with Gasteiger partial charge in [0.2, 0.25) is 0 Å². The van der Waals surface area contributed by atoms with E-state index in [0.29, 0.717) is 11.1 Å². The highest BCUT2D eigenvalue weighted by Gasteiger charge is 2.22. The van der Waals surface area contributed by atoms with Crippen LogP contribution in [0, 0.1) is 0 Å². The number of hydrogen-bond acceptors (Lipinski definition) is 0. The summed E-state index contributed by atoms with van der Waals surface area (Å²) in [6.45, 7) is 0. The van der Waals surface area contributed by atoms with Crippen LogP contribution in [-0.2, 0) is 0 Å². The molecule has 0 aliphatic rings. The molecule has 0 nitrogen and oxygen atoms in total. The predicted octanol–water partition coefficient (Wildman–Crippen LogP) is 6.50. The molecular weight excluding hydrogens is 330 g/mol. The second-order valence-electron chi connectivity index (χ2n) is 5.00. The van der Waals surface area contributed by atoms with Gasteiger partial charge in [-0.1, -0.05) is 42.5 Å². The summed E-state index contributed by atoms with van der Waals surface area (Å²) in [7, 11) is 0. The lowest BCUT2D eigenvalue weighted by molar-refractivity contribution is -0.0800. The van der Waals surface area contributed by atoms with Crippen LogP contribution in [0.4, 0.5) is 26.3 Å². The minimum Gasteiger partial charge on any atom is -0.167 e. The fourth-order valence-electron chi connectivity index (χ4n) is 2.05. The third-order valence-electron chi connectivity index (χ3n) is 3.01. The van der Waals surface area contributed by atoms with Gasteiger partial charge in [-0.3, -0.25) is 0 Å². The van der Waals surface area contributed by atoms with Gasteiger partial charge in [-0.05, 0) is 40.5 Å². The molecule has 0 bridgehead atoms. The Labute approximate surface area is 134 Å². The first-order valence-electron chi connectivity index (χ1n) is 6.85. The highest BCUT2D eigenvalue weighted by atomic mass is 19.4. The van der Waals surface area contributed by atoms with Gasteiger partial charge in [0.05, 0.1) is 0 Å². The van der Waals surface area contributed by atoms with Crippen molar-refractivity contribution in [2.45, 2.75) is 12.4 Å². The standard InChI is InChI=1S/C18H12F6/c19-17(20,21)8-6-13-10-14(7-9-18(22,23)24)12-16(11-13)15-4-2-1-3-5-15/h1-12H. The molecule has 0 heterocycles. The Morgan fingerprint density at radius 2 is 1.04 bits per heavy atom. The average Bonchev–Trinajstić information content (AvgIpc) is 2.50. The lowest BCUT2D eigenvalue weighted by Crippen LogP contribution is -2.00. The van der Waals surface area contributed by atoms with Gasteiger partial charge in [-0.2, -0.15) is 26.3 Å².